The largest absolute Gasteiger partial charge is 0.203 e. The van der Waals surface area contributed by atoms with Gasteiger partial charge in [0.1, 0.15) is 6.07 Å². The molecule has 0 aromatic heterocycles. The summed E-state index contributed by atoms with van der Waals surface area (Å²) in [5, 5.41) is 8.66. The molecule has 1 nitrogen and oxygen atoms in total. The Morgan fingerprint density at radius 2 is 1.75 bits per heavy atom. The van der Waals surface area contributed by atoms with Crippen LogP contribution in [0.5, 0.6) is 0 Å². The average molecular weight is 277 g/mol. The summed E-state index contributed by atoms with van der Waals surface area (Å²) in [4.78, 5) is 0. The normalized spacial score (nSPS) is 22.5. The number of halogens is 2. The van der Waals surface area contributed by atoms with Crippen LogP contribution in [0.4, 0.5) is 8.78 Å². The number of nitrogens with zero attached hydrogens (tertiary/aromatic N) is 1. The van der Waals surface area contributed by atoms with Crippen molar-refractivity contribution in [1.82, 2.24) is 0 Å². The van der Waals surface area contributed by atoms with Gasteiger partial charge in [0.05, 0.1) is 5.56 Å². The fourth-order valence-corrected chi connectivity index (χ4v) is 3.16. The summed E-state index contributed by atoms with van der Waals surface area (Å²) in [5.74, 6) is -0.350. The van der Waals surface area contributed by atoms with Crippen LogP contribution in [-0.2, 0) is 6.42 Å². The predicted molar refractivity (Wildman–Crippen MR) is 75.1 cm³/mol. The topological polar surface area (TPSA) is 23.8 Å². The van der Waals surface area contributed by atoms with Gasteiger partial charge in [0.15, 0.2) is 11.6 Å². The minimum Gasteiger partial charge on any atom is -0.203 e. The summed E-state index contributed by atoms with van der Waals surface area (Å²) < 4.78 is 27.3. The fourth-order valence-electron chi connectivity index (χ4n) is 3.16. The molecule has 0 amide bonds. The maximum Gasteiger partial charge on any atom is 0.176 e. The van der Waals surface area contributed by atoms with Gasteiger partial charge in [-0.1, -0.05) is 45.1 Å². The van der Waals surface area contributed by atoms with Crippen LogP contribution in [0.15, 0.2) is 12.1 Å². The van der Waals surface area contributed by atoms with Gasteiger partial charge in [-0.3, -0.25) is 0 Å². The molecule has 0 radical (unpaired) electrons. The highest BCUT2D eigenvalue weighted by Gasteiger charge is 2.21. The molecular formula is C17H21F2N. The zero-order valence-electron chi connectivity index (χ0n) is 12.0. The molecular weight excluding hydrogens is 256 g/mol. The van der Waals surface area contributed by atoms with Crippen LogP contribution in [0.3, 0.4) is 0 Å². The standard InChI is InChI=1S/C17H21F2N/c1-2-12-3-5-13(6-4-12)7-8-14-9-10-15(11-20)17(19)16(14)18/h9-10,12-13H,2-8H2,1H3. The van der Waals surface area contributed by atoms with Gasteiger partial charge < -0.3 is 0 Å². The highest BCUT2D eigenvalue weighted by Crippen LogP contribution is 2.33. The third-order valence-electron chi connectivity index (χ3n) is 4.65. The van der Waals surface area contributed by atoms with E-state index < -0.39 is 11.6 Å². The predicted octanol–water partition coefficient (Wildman–Crippen LogP) is 4.99. The van der Waals surface area contributed by atoms with Crippen molar-refractivity contribution in [2.24, 2.45) is 11.8 Å². The van der Waals surface area contributed by atoms with E-state index in [-0.39, 0.29) is 5.56 Å². The molecule has 0 heterocycles. The zero-order chi connectivity index (χ0) is 14.5. The van der Waals surface area contributed by atoms with Crippen LogP contribution in [0.1, 0.15) is 56.6 Å². The van der Waals surface area contributed by atoms with Crippen molar-refractivity contribution in [3.05, 3.63) is 34.9 Å². The van der Waals surface area contributed by atoms with Crippen molar-refractivity contribution in [2.45, 2.75) is 51.9 Å². The van der Waals surface area contributed by atoms with Crippen molar-refractivity contribution >= 4 is 0 Å². The molecule has 2 rings (SSSR count). The van der Waals surface area contributed by atoms with Crippen LogP contribution < -0.4 is 0 Å². The number of nitriles is 1. The van der Waals surface area contributed by atoms with E-state index in [9.17, 15) is 8.78 Å². The molecule has 0 atom stereocenters. The van der Waals surface area contributed by atoms with Gasteiger partial charge >= 0.3 is 0 Å². The van der Waals surface area contributed by atoms with Crippen molar-refractivity contribution < 1.29 is 8.78 Å². The van der Waals surface area contributed by atoms with Gasteiger partial charge in [-0.2, -0.15) is 5.26 Å². The van der Waals surface area contributed by atoms with Gasteiger partial charge in [-0.15, -0.1) is 0 Å². The van der Waals surface area contributed by atoms with E-state index in [0.717, 1.165) is 12.3 Å². The van der Waals surface area contributed by atoms with Gasteiger partial charge in [0.25, 0.3) is 0 Å². The van der Waals surface area contributed by atoms with Crippen LogP contribution in [0.25, 0.3) is 0 Å². The lowest BCUT2D eigenvalue weighted by Crippen LogP contribution is -2.14. The van der Waals surface area contributed by atoms with Gasteiger partial charge in [-0.25, -0.2) is 8.78 Å². The van der Waals surface area contributed by atoms with E-state index in [4.69, 9.17) is 5.26 Å². The maximum atomic E-state index is 13.8. The fraction of sp³-hybridized carbons (Fsp3) is 0.588. The second-order valence-corrected chi connectivity index (χ2v) is 5.85. The summed E-state index contributed by atoms with van der Waals surface area (Å²) in [6.07, 6.45) is 7.69. The first-order chi connectivity index (χ1) is 9.65. The summed E-state index contributed by atoms with van der Waals surface area (Å²) in [5.41, 5.74) is 0.189. The summed E-state index contributed by atoms with van der Waals surface area (Å²) in [6, 6.07) is 4.59. The summed E-state index contributed by atoms with van der Waals surface area (Å²) in [7, 11) is 0. The van der Waals surface area contributed by atoms with Gasteiger partial charge in [0.2, 0.25) is 0 Å². The lowest BCUT2D eigenvalue weighted by Gasteiger charge is -2.27. The first-order valence-electron chi connectivity index (χ1n) is 7.52. The van der Waals surface area contributed by atoms with Crippen LogP contribution >= 0.6 is 0 Å². The third-order valence-corrected chi connectivity index (χ3v) is 4.65. The lowest BCUT2D eigenvalue weighted by atomic mass is 9.78. The Morgan fingerprint density at radius 1 is 1.10 bits per heavy atom. The summed E-state index contributed by atoms with van der Waals surface area (Å²) >= 11 is 0. The SMILES string of the molecule is CCC1CCC(CCc2ccc(C#N)c(F)c2F)CC1. The molecule has 3 heteroatoms. The van der Waals surface area contributed by atoms with Crippen molar-refractivity contribution in [3.63, 3.8) is 0 Å². The molecule has 1 aromatic rings. The lowest BCUT2D eigenvalue weighted by molar-refractivity contribution is 0.258. The minimum absolute atomic E-state index is 0.213. The Balaban J connectivity index is 1.92. The number of aryl methyl sites for hydroxylation is 1. The third kappa shape index (κ3) is 3.36. The first kappa shape index (κ1) is 15.0. The van der Waals surface area contributed by atoms with Crippen molar-refractivity contribution in [3.8, 4) is 6.07 Å². The van der Waals surface area contributed by atoms with E-state index >= 15 is 0 Å². The molecule has 0 saturated heterocycles. The van der Waals surface area contributed by atoms with Gasteiger partial charge in [0, 0.05) is 0 Å². The monoisotopic (exact) mass is 277 g/mol. The van der Waals surface area contributed by atoms with Crippen LogP contribution in [0, 0.1) is 34.8 Å². The van der Waals surface area contributed by atoms with Crippen LogP contribution in [0.2, 0.25) is 0 Å². The molecule has 1 saturated carbocycles. The number of benzene rings is 1. The van der Waals surface area contributed by atoms with Crippen molar-refractivity contribution in [2.75, 3.05) is 0 Å². The average Bonchev–Trinajstić information content (AvgIpc) is 2.49. The highest BCUT2D eigenvalue weighted by atomic mass is 19.2. The van der Waals surface area contributed by atoms with E-state index in [0.29, 0.717) is 17.9 Å². The second-order valence-electron chi connectivity index (χ2n) is 5.85. The molecule has 0 N–H and O–H groups in total. The molecule has 1 aliphatic carbocycles. The number of hydrogen-bond acceptors (Lipinski definition) is 1. The molecule has 0 unspecified atom stereocenters. The molecule has 0 aliphatic heterocycles. The van der Waals surface area contributed by atoms with E-state index in [1.807, 2.05) is 0 Å². The second kappa shape index (κ2) is 6.83. The van der Waals surface area contributed by atoms with Gasteiger partial charge in [-0.05, 0) is 36.3 Å². The number of hydrogen-bond donors (Lipinski definition) is 0. The van der Waals surface area contributed by atoms with E-state index in [1.54, 1.807) is 12.1 Å². The molecule has 20 heavy (non-hydrogen) atoms. The molecule has 1 fully saturated rings. The molecule has 1 aromatic carbocycles. The zero-order valence-corrected chi connectivity index (χ0v) is 12.0. The van der Waals surface area contributed by atoms with E-state index in [2.05, 4.69) is 6.92 Å². The Kier molecular flexibility index (Phi) is 5.11. The Labute approximate surface area is 119 Å². The van der Waals surface area contributed by atoms with Crippen LogP contribution in [-0.4, -0.2) is 0 Å². The smallest absolute Gasteiger partial charge is 0.176 e. The molecule has 0 spiro atoms. The molecule has 1 aliphatic rings. The Morgan fingerprint density at radius 3 is 2.35 bits per heavy atom. The minimum atomic E-state index is -1.00. The highest BCUT2D eigenvalue weighted by molar-refractivity contribution is 5.34. The quantitative estimate of drug-likeness (QED) is 0.761. The maximum absolute atomic E-state index is 13.8. The Bertz CT molecular complexity index is 496. The molecule has 108 valence electrons. The first-order valence-corrected chi connectivity index (χ1v) is 7.52. The van der Waals surface area contributed by atoms with Crippen molar-refractivity contribution in [1.29, 1.82) is 5.26 Å². The Hall–Kier alpha value is -1.43. The number of rotatable bonds is 4. The van der Waals surface area contributed by atoms with E-state index in [1.165, 1.54) is 38.2 Å². The molecule has 0 bridgehead atoms. The summed E-state index contributed by atoms with van der Waals surface area (Å²) in [6.45, 7) is 2.24.